The first-order valence-corrected chi connectivity index (χ1v) is 7.95. The Kier molecular flexibility index (Phi) is 6.52. The van der Waals surface area contributed by atoms with Crippen LogP contribution < -0.4 is 4.72 Å². The van der Waals surface area contributed by atoms with Gasteiger partial charge in [0.25, 0.3) is 10.2 Å². The van der Waals surface area contributed by atoms with Gasteiger partial charge in [-0.2, -0.15) is 17.4 Å². The minimum atomic E-state index is -4.12. The number of carbonyl (C=O) groups is 2. The van der Waals surface area contributed by atoms with E-state index in [0.717, 1.165) is 11.4 Å². The zero-order valence-electron chi connectivity index (χ0n) is 11.9. The maximum Gasteiger partial charge on any atom is 0.326 e. The van der Waals surface area contributed by atoms with Gasteiger partial charge in [0.05, 0.1) is 20.3 Å². The van der Waals surface area contributed by atoms with E-state index in [1.807, 2.05) is 4.72 Å². The lowest BCUT2D eigenvalue weighted by Gasteiger charge is -2.24. The van der Waals surface area contributed by atoms with Crippen molar-refractivity contribution >= 4 is 22.1 Å². The van der Waals surface area contributed by atoms with Crippen molar-refractivity contribution in [3.05, 3.63) is 0 Å². The molecule has 0 aromatic rings. The van der Waals surface area contributed by atoms with Crippen LogP contribution in [0.15, 0.2) is 0 Å². The van der Waals surface area contributed by atoms with Crippen LogP contribution in [0.5, 0.6) is 0 Å². The minimum Gasteiger partial charge on any atom is -0.468 e. The molecule has 0 bridgehead atoms. The Morgan fingerprint density at radius 1 is 1.48 bits per heavy atom. The molecule has 1 aliphatic heterocycles. The molecule has 1 aliphatic rings. The van der Waals surface area contributed by atoms with E-state index in [0.29, 0.717) is 12.8 Å². The maximum absolute atomic E-state index is 12.2. The van der Waals surface area contributed by atoms with Crippen LogP contribution in [0.3, 0.4) is 0 Å². The van der Waals surface area contributed by atoms with Crippen molar-refractivity contribution in [1.29, 1.82) is 0 Å². The lowest BCUT2D eigenvalue weighted by atomic mass is 10.2. The van der Waals surface area contributed by atoms with E-state index >= 15 is 0 Å². The zero-order valence-corrected chi connectivity index (χ0v) is 12.8. The summed E-state index contributed by atoms with van der Waals surface area (Å²) in [5.41, 5.74) is 0. The molecule has 1 fully saturated rings. The Labute approximate surface area is 123 Å². The Morgan fingerprint density at radius 3 is 2.67 bits per heavy atom. The van der Waals surface area contributed by atoms with Gasteiger partial charge in [0.1, 0.15) is 12.1 Å². The van der Waals surface area contributed by atoms with E-state index < -0.39 is 40.8 Å². The van der Waals surface area contributed by atoms with Crippen LogP contribution in [-0.4, -0.2) is 68.7 Å². The number of nitrogens with zero attached hydrogens (tertiary/aromatic N) is 1. The summed E-state index contributed by atoms with van der Waals surface area (Å²) in [7, 11) is -3.04. The predicted octanol–water partition coefficient (Wildman–Crippen LogP) is -1.62. The molecule has 0 aromatic heterocycles. The molecule has 2 atom stereocenters. The molecule has 10 heteroatoms. The summed E-state index contributed by atoms with van der Waals surface area (Å²) in [6.45, 7) is 1.17. The Morgan fingerprint density at radius 2 is 2.14 bits per heavy atom. The quantitative estimate of drug-likeness (QED) is 0.540. The fourth-order valence-corrected chi connectivity index (χ4v) is 3.61. The number of ether oxygens (including phenoxy) is 2. The molecule has 0 spiro atoms. The lowest BCUT2D eigenvalue weighted by Crippen LogP contribution is -2.53. The molecule has 1 rings (SSSR count). The van der Waals surface area contributed by atoms with E-state index in [2.05, 4.69) is 4.74 Å². The SMILES string of the molecule is CCOC(=O)C1CCCN1S(=O)(=O)NC(CO)C(=O)OC. The van der Waals surface area contributed by atoms with Gasteiger partial charge >= 0.3 is 11.9 Å². The summed E-state index contributed by atoms with van der Waals surface area (Å²) in [6.07, 6.45) is 0.855. The third-order valence-corrected chi connectivity index (χ3v) is 4.67. The van der Waals surface area contributed by atoms with Crippen LogP contribution >= 0.6 is 0 Å². The highest BCUT2D eigenvalue weighted by Gasteiger charge is 2.41. The average molecular weight is 324 g/mol. The summed E-state index contributed by atoms with van der Waals surface area (Å²) in [5.74, 6) is -1.54. The van der Waals surface area contributed by atoms with E-state index in [-0.39, 0.29) is 13.2 Å². The molecule has 122 valence electrons. The number of aliphatic hydroxyl groups excluding tert-OH is 1. The largest absolute Gasteiger partial charge is 0.468 e. The molecule has 2 unspecified atom stereocenters. The second-order valence-electron chi connectivity index (χ2n) is 4.40. The first-order chi connectivity index (χ1) is 9.87. The monoisotopic (exact) mass is 324 g/mol. The predicted molar refractivity (Wildman–Crippen MR) is 71.3 cm³/mol. The van der Waals surface area contributed by atoms with Crippen LogP contribution in [0.1, 0.15) is 19.8 Å². The molecule has 21 heavy (non-hydrogen) atoms. The molecule has 0 amide bonds. The van der Waals surface area contributed by atoms with E-state index in [4.69, 9.17) is 9.84 Å². The topological polar surface area (TPSA) is 122 Å². The third-order valence-electron chi connectivity index (χ3n) is 3.03. The fourth-order valence-electron chi connectivity index (χ4n) is 2.05. The molecule has 9 nitrogen and oxygen atoms in total. The van der Waals surface area contributed by atoms with Crippen molar-refractivity contribution in [3.8, 4) is 0 Å². The van der Waals surface area contributed by atoms with Gasteiger partial charge in [-0.15, -0.1) is 0 Å². The summed E-state index contributed by atoms with van der Waals surface area (Å²) >= 11 is 0. The number of aliphatic hydroxyl groups is 1. The second-order valence-corrected chi connectivity index (χ2v) is 6.06. The highest BCUT2D eigenvalue weighted by molar-refractivity contribution is 7.87. The number of hydrogen-bond donors (Lipinski definition) is 2. The maximum atomic E-state index is 12.2. The van der Waals surface area contributed by atoms with E-state index in [1.54, 1.807) is 6.92 Å². The normalized spacial score (nSPS) is 21.0. The Hall–Kier alpha value is -1.23. The number of nitrogens with one attached hydrogen (secondary N) is 1. The van der Waals surface area contributed by atoms with Crippen LogP contribution in [0, 0.1) is 0 Å². The van der Waals surface area contributed by atoms with E-state index in [9.17, 15) is 18.0 Å². The zero-order chi connectivity index (χ0) is 16.0. The molecule has 0 aromatic carbocycles. The van der Waals surface area contributed by atoms with Crippen molar-refractivity contribution in [3.63, 3.8) is 0 Å². The molecule has 1 heterocycles. The van der Waals surface area contributed by atoms with Crippen molar-refractivity contribution in [2.24, 2.45) is 0 Å². The van der Waals surface area contributed by atoms with Crippen molar-refractivity contribution in [1.82, 2.24) is 9.03 Å². The van der Waals surface area contributed by atoms with E-state index in [1.165, 1.54) is 0 Å². The van der Waals surface area contributed by atoms with Gasteiger partial charge in [-0.3, -0.25) is 9.59 Å². The molecular formula is C11H20N2O7S. The third kappa shape index (κ3) is 4.37. The smallest absolute Gasteiger partial charge is 0.326 e. The Balaban J connectivity index is 2.85. The Bertz CT molecular complexity index is 479. The number of rotatable bonds is 7. The number of methoxy groups -OCH3 is 1. The van der Waals surface area contributed by atoms with Gasteiger partial charge in [-0.25, -0.2) is 0 Å². The molecule has 0 aliphatic carbocycles. The van der Waals surface area contributed by atoms with Gasteiger partial charge in [-0.05, 0) is 19.8 Å². The molecule has 0 radical (unpaired) electrons. The van der Waals surface area contributed by atoms with Gasteiger partial charge in [-0.1, -0.05) is 0 Å². The van der Waals surface area contributed by atoms with Crippen molar-refractivity contribution in [2.45, 2.75) is 31.8 Å². The summed E-state index contributed by atoms with van der Waals surface area (Å²) in [6, 6.07) is -2.33. The van der Waals surface area contributed by atoms with Crippen molar-refractivity contribution in [2.75, 3.05) is 26.9 Å². The molecule has 1 saturated heterocycles. The number of esters is 2. The summed E-state index contributed by atoms with van der Waals surface area (Å²) < 4.78 is 36.7. The van der Waals surface area contributed by atoms with Gasteiger partial charge < -0.3 is 14.6 Å². The summed E-state index contributed by atoms with van der Waals surface area (Å²) in [5, 5.41) is 9.06. The minimum absolute atomic E-state index is 0.137. The van der Waals surface area contributed by atoms with Crippen LogP contribution in [-0.2, 0) is 29.3 Å². The molecule has 0 saturated carbocycles. The lowest BCUT2D eigenvalue weighted by molar-refractivity contribution is -0.146. The van der Waals surface area contributed by atoms with Crippen molar-refractivity contribution < 1.29 is 32.6 Å². The highest BCUT2D eigenvalue weighted by atomic mass is 32.2. The summed E-state index contributed by atoms with van der Waals surface area (Å²) in [4.78, 5) is 23.1. The standard InChI is InChI=1S/C11H20N2O7S/c1-3-20-11(16)9-5-4-6-13(9)21(17,18)12-8(7-14)10(15)19-2/h8-9,12,14H,3-7H2,1-2H3. The first-order valence-electron chi connectivity index (χ1n) is 6.51. The number of hydrogen-bond acceptors (Lipinski definition) is 7. The second kappa shape index (κ2) is 7.69. The van der Waals surface area contributed by atoms with Gasteiger partial charge in [0.2, 0.25) is 0 Å². The molecular weight excluding hydrogens is 304 g/mol. The van der Waals surface area contributed by atoms with Crippen LogP contribution in [0.4, 0.5) is 0 Å². The first kappa shape index (κ1) is 17.8. The van der Waals surface area contributed by atoms with Gasteiger partial charge in [0.15, 0.2) is 0 Å². The van der Waals surface area contributed by atoms with Crippen LogP contribution in [0.25, 0.3) is 0 Å². The fraction of sp³-hybridized carbons (Fsp3) is 0.818. The molecule has 2 N–H and O–H groups in total. The van der Waals surface area contributed by atoms with Gasteiger partial charge in [0, 0.05) is 6.54 Å². The van der Waals surface area contributed by atoms with Crippen LogP contribution in [0.2, 0.25) is 0 Å². The highest BCUT2D eigenvalue weighted by Crippen LogP contribution is 2.21. The average Bonchev–Trinajstić information content (AvgIpc) is 2.94. The number of carbonyl (C=O) groups excluding carboxylic acids is 2.